The van der Waals surface area contributed by atoms with Crippen molar-refractivity contribution in [2.45, 2.75) is 13.0 Å². The molecule has 2 N–H and O–H groups in total. The van der Waals surface area contributed by atoms with E-state index >= 15 is 0 Å². The SMILES string of the molecule is CNC(C)CNC(=O)c1cc([N+](=O)[O-])ccc1Oc1ccc(OC)cc1.Cl. The van der Waals surface area contributed by atoms with E-state index in [4.69, 9.17) is 9.47 Å². The van der Waals surface area contributed by atoms with Gasteiger partial charge in [-0.05, 0) is 44.3 Å². The third-order valence-corrected chi connectivity index (χ3v) is 3.77. The monoisotopic (exact) mass is 395 g/mol. The molecule has 0 aromatic heterocycles. The first-order chi connectivity index (χ1) is 12.4. The van der Waals surface area contributed by atoms with E-state index in [2.05, 4.69) is 10.6 Å². The fourth-order valence-electron chi connectivity index (χ4n) is 2.11. The molecule has 0 saturated carbocycles. The lowest BCUT2D eigenvalue weighted by atomic mass is 10.1. The number of hydrogen-bond donors (Lipinski definition) is 2. The number of rotatable bonds is 8. The quantitative estimate of drug-likeness (QED) is 0.525. The van der Waals surface area contributed by atoms with Crippen LogP contribution in [0.2, 0.25) is 0 Å². The van der Waals surface area contributed by atoms with Crippen molar-refractivity contribution in [3.05, 3.63) is 58.1 Å². The molecule has 8 nitrogen and oxygen atoms in total. The Balaban J connectivity index is 0.00000364. The Morgan fingerprint density at radius 2 is 1.81 bits per heavy atom. The maximum atomic E-state index is 12.5. The minimum atomic E-state index is -0.551. The second-order valence-corrected chi connectivity index (χ2v) is 5.61. The largest absolute Gasteiger partial charge is 0.497 e. The van der Waals surface area contributed by atoms with Crippen LogP contribution < -0.4 is 20.1 Å². The highest BCUT2D eigenvalue weighted by Gasteiger charge is 2.19. The van der Waals surface area contributed by atoms with Gasteiger partial charge in [0.15, 0.2) is 0 Å². The summed E-state index contributed by atoms with van der Waals surface area (Å²) in [6.45, 7) is 2.28. The van der Waals surface area contributed by atoms with Crippen LogP contribution in [0.25, 0.3) is 0 Å². The van der Waals surface area contributed by atoms with Crippen LogP contribution in [0.1, 0.15) is 17.3 Å². The molecule has 9 heteroatoms. The van der Waals surface area contributed by atoms with Gasteiger partial charge in [0.25, 0.3) is 11.6 Å². The Morgan fingerprint density at radius 1 is 1.19 bits per heavy atom. The molecule has 0 heterocycles. The molecule has 0 aliphatic heterocycles. The lowest BCUT2D eigenvalue weighted by molar-refractivity contribution is -0.384. The van der Waals surface area contributed by atoms with Crippen molar-refractivity contribution < 1.29 is 19.2 Å². The van der Waals surface area contributed by atoms with Crippen molar-refractivity contribution in [1.29, 1.82) is 0 Å². The molecule has 27 heavy (non-hydrogen) atoms. The number of amides is 1. The van der Waals surface area contributed by atoms with Crippen LogP contribution in [-0.2, 0) is 0 Å². The summed E-state index contributed by atoms with van der Waals surface area (Å²) >= 11 is 0. The lowest BCUT2D eigenvalue weighted by Gasteiger charge is -2.14. The summed E-state index contributed by atoms with van der Waals surface area (Å²) in [5, 5.41) is 16.8. The summed E-state index contributed by atoms with van der Waals surface area (Å²) in [5.41, 5.74) is -0.0859. The predicted molar refractivity (Wildman–Crippen MR) is 104 cm³/mol. The summed E-state index contributed by atoms with van der Waals surface area (Å²) in [4.78, 5) is 23.0. The number of benzene rings is 2. The Hall–Kier alpha value is -2.84. The number of carbonyl (C=O) groups is 1. The topological polar surface area (TPSA) is 103 Å². The molecule has 2 aromatic carbocycles. The number of halogens is 1. The number of hydrogen-bond acceptors (Lipinski definition) is 6. The van der Waals surface area contributed by atoms with Crippen molar-refractivity contribution >= 4 is 24.0 Å². The van der Waals surface area contributed by atoms with E-state index in [9.17, 15) is 14.9 Å². The molecular weight excluding hydrogens is 374 g/mol. The first-order valence-corrected chi connectivity index (χ1v) is 8.00. The van der Waals surface area contributed by atoms with Crippen molar-refractivity contribution in [3.63, 3.8) is 0 Å². The van der Waals surface area contributed by atoms with Gasteiger partial charge in [0.1, 0.15) is 17.2 Å². The van der Waals surface area contributed by atoms with Crippen LogP contribution in [0.3, 0.4) is 0 Å². The Bertz CT molecular complexity index is 783. The minimum absolute atomic E-state index is 0. The normalized spacial score (nSPS) is 11.1. The first kappa shape index (κ1) is 22.2. The van der Waals surface area contributed by atoms with Gasteiger partial charge in [-0.1, -0.05) is 0 Å². The van der Waals surface area contributed by atoms with Crippen LogP contribution in [0, 0.1) is 10.1 Å². The molecule has 0 radical (unpaired) electrons. The highest BCUT2D eigenvalue weighted by molar-refractivity contribution is 5.97. The maximum absolute atomic E-state index is 12.5. The van der Waals surface area contributed by atoms with Crippen molar-refractivity contribution in [2.75, 3.05) is 20.7 Å². The molecule has 0 fully saturated rings. The zero-order valence-corrected chi connectivity index (χ0v) is 16.0. The summed E-state index contributed by atoms with van der Waals surface area (Å²) in [6, 6.07) is 10.8. The number of nitro groups is 1. The Morgan fingerprint density at radius 3 is 2.37 bits per heavy atom. The second-order valence-electron chi connectivity index (χ2n) is 5.61. The highest BCUT2D eigenvalue weighted by atomic mass is 35.5. The minimum Gasteiger partial charge on any atom is -0.497 e. The molecule has 0 aliphatic rings. The van der Waals surface area contributed by atoms with Gasteiger partial charge in [-0.3, -0.25) is 14.9 Å². The Kier molecular flexibility index (Phi) is 8.50. The van der Waals surface area contributed by atoms with Crippen molar-refractivity contribution in [2.24, 2.45) is 0 Å². The molecule has 0 aliphatic carbocycles. The molecule has 2 aromatic rings. The van der Waals surface area contributed by atoms with E-state index in [1.165, 1.54) is 18.2 Å². The highest BCUT2D eigenvalue weighted by Crippen LogP contribution is 2.29. The first-order valence-electron chi connectivity index (χ1n) is 8.00. The number of likely N-dealkylation sites (N-methyl/N-ethyl adjacent to an activating group) is 1. The van der Waals surface area contributed by atoms with Gasteiger partial charge in [-0.25, -0.2) is 0 Å². The van der Waals surface area contributed by atoms with E-state index in [0.29, 0.717) is 18.0 Å². The van der Waals surface area contributed by atoms with Gasteiger partial charge in [0.05, 0.1) is 17.6 Å². The van der Waals surface area contributed by atoms with E-state index < -0.39 is 10.8 Å². The number of methoxy groups -OCH3 is 1. The lowest BCUT2D eigenvalue weighted by Crippen LogP contribution is -2.37. The van der Waals surface area contributed by atoms with Gasteiger partial charge in [-0.15, -0.1) is 12.4 Å². The van der Waals surface area contributed by atoms with E-state index in [1.807, 2.05) is 6.92 Å². The molecule has 2 rings (SSSR count). The van der Waals surface area contributed by atoms with E-state index in [-0.39, 0.29) is 35.4 Å². The summed E-state index contributed by atoms with van der Waals surface area (Å²) in [7, 11) is 3.34. The van der Waals surface area contributed by atoms with Gasteiger partial charge < -0.3 is 20.1 Å². The standard InChI is InChI=1S/C18H21N3O5.ClH/c1-12(19-2)11-20-18(22)16-10-13(21(23)24)4-9-17(16)26-15-7-5-14(25-3)6-8-15;/h4-10,12,19H,11H2,1-3H3,(H,20,22);1H. The fraction of sp³-hybridized carbons (Fsp3) is 0.278. The molecule has 1 amide bonds. The molecular formula is C18H22ClN3O5. The van der Waals surface area contributed by atoms with Crippen LogP contribution in [0.15, 0.2) is 42.5 Å². The molecule has 0 spiro atoms. The van der Waals surface area contributed by atoms with E-state index in [0.717, 1.165) is 0 Å². The molecule has 1 atom stereocenters. The molecule has 0 saturated heterocycles. The number of nitro benzene ring substituents is 1. The average Bonchev–Trinajstić information content (AvgIpc) is 2.66. The second kappa shape index (κ2) is 10.3. The van der Waals surface area contributed by atoms with Gasteiger partial charge in [-0.2, -0.15) is 0 Å². The molecule has 146 valence electrons. The van der Waals surface area contributed by atoms with Crippen LogP contribution in [-0.4, -0.2) is 37.6 Å². The number of nitrogens with one attached hydrogen (secondary N) is 2. The summed E-state index contributed by atoms with van der Waals surface area (Å²) in [5.74, 6) is 0.937. The number of nitrogens with zero attached hydrogens (tertiary/aromatic N) is 1. The number of non-ortho nitro benzene ring substituents is 1. The van der Waals surface area contributed by atoms with Gasteiger partial charge >= 0.3 is 0 Å². The van der Waals surface area contributed by atoms with E-state index in [1.54, 1.807) is 38.4 Å². The molecule has 0 bridgehead atoms. The van der Waals surface area contributed by atoms with Crippen LogP contribution in [0.5, 0.6) is 17.2 Å². The maximum Gasteiger partial charge on any atom is 0.270 e. The Labute approximate surface area is 163 Å². The van der Waals surface area contributed by atoms with Crippen LogP contribution in [0.4, 0.5) is 5.69 Å². The van der Waals surface area contributed by atoms with Gasteiger partial charge in [0, 0.05) is 24.7 Å². The zero-order chi connectivity index (χ0) is 19.1. The van der Waals surface area contributed by atoms with Crippen LogP contribution >= 0.6 is 12.4 Å². The predicted octanol–water partition coefficient (Wildman–Crippen LogP) is 3.16. The third kappa shape index (κ3) is 6.12. The summed E-state index contributed by atoms with van der Waals surface area (Å²) in [6.07, 6.45) is 0. The smallest absolute Gasteiger partial charge is 0.270 e. The fourth-order valence-corrected chi connectivity index (χ4v) is 2.11. The van der Waals surface area contributed by atoms with Crippen molar-refractivity contribution in [3.8, 4) is 17.2 Å². The van der Waals surface area contributed by atoms with Gasteiger partial charge in [0.2, 0.25) is 0 Å². The summed E-state index contributed by atoms with van der Waals surface area (Å²) < 4.78 is 10.8. The number of carbonyl (C=O) groups excluding carboxylic acids is 1. The average molecular weight is 396 g/mol. The molecule has 1 unspecified atom stereocenters. The number of ether oxygens (including phenoxy) is 2. The third-order valence-electron chi connectivity index (χ3n) is 3.77. The van der Waals surface area contributed by atoms with Crippen molar-refractivity contribution in [1.82, 2.24) is 10.6 Å². The zero-order valence-electron chi connectivity index (χ0n) is 15.2.